The Morgan fingerprint density at radius 1 is 1.03 bits per heavy atom. The largest absolute Gasteiger partial charge is 0.401 e. The van der Waals surface area contributed by atoms with Crippen LogP contribution in [0.3, 0.4) is 0 Å². The topological polar surface area (TPSA) is 49.3 Å². The third-order valence-electron chi connectivity index (χ3n) is 6.58. The Hall–Kier alpha value is -3.07. The molecular weight excluding hydrogens is 424 g/mol. The zero-order valence-electron chi connectivity index (χ0n) is 17.3. The highest BCUT2D eigenvalue weighted by Crippen LogP contribution is 2.50. The molecule has 1 spiro atoms. The van der Waals surface area contributed by atoms with Crippen LogP contribution in [-0.2, 0) is 10.2 Å². The van der Waals surface area contributed by atoms with Gasteiger partial charge in [0.15, 0.2) is 0 Å². The van der Waals surface area contributed by atoms with Gasteiger partial charge in [0.1, 0.15) is 0 Å². The molecular formula is C23H20F4N4O. The summed E-state index contributed by atoms with van der Waals surface area (Å²) in [5.74, 6) is -0.684. The maximum atomic E-state index is 13.4. The fourth-order valence-corrected chi connectivity index (χ4v) is 5.01. The van der Waals surface area contributed by atoms with Crippen LogP contribution in [-0.4, -0.2) is 53.6 Å². The minimum atomic E-state index is -4.27. The molecule has 0 N–H and O–H groups in total. The smallest absolute Gasteiger partial charge is 0.313 e. The summed E-state index contributed by atoms with van der Waals surface area (Å²) in [5.41, 5.74) is 2.83. The number of pyridine rings is 2. The number of halogens is 4. The molecule has 2 aliphatic heterocycles. The standard InChI is InChI=1S/C23H20F4N4O/c1-30-18-12-28-17-4-2-14(15-3-5-19(24)29-11-15)10-16(17)20(18)22(21(30)32)6-8-31(9-7-22)13-23(25,26)27/h2-5,10-12H,6-9,13H2,1H3. The molecule has 0 aliphatic carbocycles. The number of alkyl halides is 3. The quantitative estimate of drug-likeness (QED) is 0.437. The number of anilines is 1. The lowest BCUT2D eigenvalue weighted by Gasteiger charge is -2.38. The highest BCUT2D eigenvalue weighted by atomic mass is 19.4. The van der Waals surface area contributed by atoms with E-state index in [4.69, 9.17) is 0 Å². The fourth-order valence-electron chi connectivity index (χ4n) is 5.01. The summed E-state index contributed by atoms with van der Waals surface area (Å²) in [6, 6.07) is 8.51. The summed E-state index contributed by atoms with van der Waals surface area (Å²) in [5, 5.41) is 0.784. The van der Waals surface area contributed by atoms with E-state index in [1.807, 2.05) is 18.2 Å². The molecule has 5 nitrogen and oxygen atoms in total. The van der Waals surface area contributed by atoms with Crippen LogP contribution in [0.1, 0.15) is 18.4 Å². The van der Waals surface area contributed by atoms with Crippen molar-refractivity contribution in [3.05, 3.63) is 54.2 Å². The fraction of sp³-hybridized carbons (Fsp3) is 0.348. The lowest BCUT2D eigenvalue weighted by molar-refractivity contribution is -0.150. The molecule has 32 heavy (non-hydrogen) atoms. The molecule has 3 aromatic rings. The monoisotopic (exact) mass is 444 g/mol. The first-order chi connectivity index (χ1) is 15.2. The van der Waals surface area contributed by atoms with Gasteiger partial charge in [0.2, 0.25) is 11.9 Å². The number of likely N-dealkylation sites (tertiary alicyclic amines) is 1. The van der Waals surface area contributed by atoms with Crippen molar-refractivity contribution in [2.75, 3.05) is 31.6 Å². The Bertz CT molecular complexity index is 1200. The molecule has 1 fully saturated rings. The summed E-state index contributed by atoms with van der Waals surface area (Å²) in [6.07, 6.45) is -0.559. The van der Waals surface area contributed by atoms with Gasteiger partial charge in [0.25, 0.3) is 0 Å². The van der Waals surface area contributed by atoms with E-state index in [1.54, 1.807) is 24.2 Å². The second kappa shape index (κ2) is 7.23. The highest BCUT2D eigenvalue weighted by molar-refractivity contribution is 6.12. The Labute approximate surface area is 181 Å². The maximum absolute atomic E-state index is 13.4. The van der Waals surface area contributed by atoms with E-state index in [-0.39, 0.29) is 19.0 Å². The summed E-state index contributed by atoms with van der Waals surface area (Å²) >= 11 is 0. The molecule has 166 valence electrons. The van der Waals surface area contributed by atoms with Crippen LogP contribution in [0.2, 0.25) is 0 Å². The van der Waals surface area contributed by atoms with Crippen molar-refractivity contribution < 1.29 is 22.4 Å². The Kier molecular flexibility index (Phi) is 4.70. The first kappa shape index (κ1) is 20.8. The first-order valence-electron chi connectivity index (χ1n) is 10.3. The van der Waals surface area contributed by atoms with Crippen LogP contribution in [0, 0.1) is 5.95 Å². The van der Waals surface area contributed by atoms with E-state index in [0.717, 1.165) is 22.1 Å². The number of carbonyl (C=O) groups is 1. The molecule has 9 heteroatoms. The number of nitrogens with zero attached hydrogens (tertiary/aromatic N) is 4. The third-order valence-corrected chi connectivity index (χ3v) is 6.58. The van der Waals surface area contributed by atoms with Crippen molar-refractivity contribution in [2.24, 2.45) is 0 Å². The van der Waals surface area contributed by atoms with Crippen LogP contribution in [0.25, 0.3) is 22.0 Å². The number of likely N-dealkylation sites (N-methyl/N-ethyl adjacent to an activating group) is 1. The molecule has 2 aromatic heterocycles. The summed E-state index contributed by atoms with van der Waals surface area (Å²) in [4.78, 5) is 24.5. The third kappa shape index (κ3) is 3.31. The number of fused-ring (bicyclic) bond motifs is 4. The average Bonchev–Trinajstić information content (AvgIpc) is 2.97. The number of aromatic nitrogens is 2. The van der Waals surface area contributed by atoms with Crippen molar-refractivity contribution in [2.45, 2.75) is 24.4 Å². The second-order valence-corrected chi connectivity index (χ2v) is 8.46. The lowest BCUT2D eigenvalue weighted by Crippen LogP contribution is -2.50. The number of rotatable bonds is 2. The molecule has 0 saturated carbocycles. The van der Waals surface area contributed by atoms with Gasteiger partial charge < -0.3 is 4.90 Å². The van der Waals surface area contributed by atoms with Crippen LogP contribution >= 0.6 is 0 Å². The van der Waals surface area contributed by atoms with E-state index < -0.39 is 24.1 Å². The number of amides is 1. The van der Waals surface area contributed by atoms with E-state index in [9.17, 15) is 22.4 Å². The van der Waals surface area contributed by atoms with Crippen molar-refractivity contribution in [1.29, 1.82) is 0 Å². The van der Waals surface area contributed by atoms with Crippen molar-refractivity contribution in [3.63, 3.8) is 0 Å². The first-order valence-corrected chi connectivity index (χ1v) is 10.3. The molecule has 0 unspecified atom stereocenters. The van der Waals surface area contributed by atoms with Crippen LogP contribution in [0.15, 0.2) is 42.7 Å². The molecule has 1 saturated heterocycles. The lowest BCUT2D eigenvalue weighted by atomic mass is 9.72. The van der Waals surface area contributed by atoms with Gasteiger partial charge in [-0.2, -0.15) is 17.6 Å². The molecule has 0 bridgehead atoms. The number of carbonyl (C=O) groups excluding carboxylic acids is 1. The van der Waals surface area contributed by atoms with Crippen molar-refractivity contribution >= 4 is 22.5 Å². The summed E-state index contributed by atoms with van der Waals surface area (Å²) in [6.45, 7) is -0.605. The Balaban J connectivity index is 1.60. The van der Waals surface area contributed by atoms with Crippen LogP contribution < -0.4 is 4.90 Å². The predicted octanol–water partition coefficient (Wildman–Crippen LogP) is 4.31. The average molecular weight is 444 g/mol. The summed E-state index contributed by atoms with van der Waals surface area (Å²) < 4.78 is 51.9. The number of hydrogen-bond donors (Lipinski definition) is 0. The van der Waals surface area contributed by atoms with Gasteiger partial charge in [-0.1, -0.05) is 6.07 Å². The van der Waals surface area contributed by atoms with Crippen molar-refractivity contribution in [3.8, 4) is 11.1 Å². The number of benzene rings is 1. The van der Waals surface area contributed by atoms with Crippen molar-refractivity contribution in [1.82, 2.24) is 14.9 Å². The molecule has 0 atom stereocenters. The van der Waals surface area contributed by atoms with Gasteiger partial charge in [0, 0.05) is 29.8 Å². The normalized spacial score (nSPS) is 18.5. The van der Waals surface area contributed by atoms with Gasteiger partial charge in [-0.15, -0.1) is 0 Å². The van der Waals surface area contributed by atoms with Gasteiger partial charge >= 0.3 is 6.18 Å². The van der Waals surface area contributed by atoms with E-state index in [0.29, 0.717) is 24.0 Å². The zero-order chi connectivity index (χ0) is 22.7. The molecule has 5 rings (SSSR count). The highest BCUT2D eigenvalue weighted by Gasteiger charge is 2.52. The van der Waals surface area contributed by atoms with Gasteiger partial charge in [-0.05, 0) is 55.8 Å². The van der Waals surface area contributed by atoms with E-state index in [1.165, 1.54) is 17.2 Å². The Morgan fingerprint density at radius 3 is 2.41 bits per heavy atom. The molecule has 2 aliphatic rings. The van der Waals surface area contributed by atoms with Crippen LogP contribution in [0.4, 0.5) is 23.2 Å². The van der Waals surface area contributed by atoms with Gasteiger partial charge in [0.05, 0.1) is 29.4 Å². The predicted molar refractivity (Wildman–Crippen MR) is 112 cm³/mol. The van der Waals surface area contributed by atoms with Crippen LogP contribution in [0.5, 0.6) is 0 Å². The van der Waals surface area contributed by atoms with E-state index >= 15 is 0 Å². The second-order valence-electron chi connectivity index (χ2n) is 8.46. The minimum Gasteiger partial charge on any atom is -0.313 e. The molecule has 0 radical (unpaired) electrons. The Morgan fingerprint density at radius 2 is 1.75 bits per heavy atom. The minimum absolute atomic E-state index is 0.109. The van der Waals surface area contributed by atoms with Gasteiger partial charge in [-0.25, -0.2) is 4.98 Å². The SMILES string of the molecule is CN1C(=O)C2(CCN(CC(F)(F)F)CC2)c2c1cnc1ccc(-c3ccc(F)nc3)cc21. The molecule has 4 heterocycles. The molecule has 1 aromatic carbocycles. The zero-order valence-corrected chi connectivity index (χ0v) is 17.3. The summed E-state index contributed by atoms with van der Waals surface area (Å²) in [7, 11) is 1.68. The maximum Gasteiger partial charge on any atom is 0.401 e. The van der Waals surface area contributed by atoms with E-state index in [2.05, 4.69) is 9.97 Å². The number of piperidine rings is 1. The van der Waals surface area contributed by atoms with Gasteiger partial charge in [-0.3, -0.25) is 14.7 Å². The molecule has 1 amide bonds. The number of hydrogen-bond acceptors (Lipinski definition) is 4.